The molecule has 0 radical (unpaired) electrons. The minimum atomic E-state index is 0.0473. The molecule has 0 bridgehead atoms. The molecule has 0 saturated carbocycles. The minimum Gasteiger partial charge on any atom is -0.308 e. The van der Waals surface area contributed by atoms with Crippen molar-refractivity contribution in [2.45, 2.75) is 13.0 Å². The number of nitrogens with one attached hydrogen (secondary N) is 1. The summed E-state index contributed by atoms with van der Waals surface area (Å²) in [5, 5.41) is 11.3. The SMILES string of the molecule is CNC(c1ccnc(C)c1)c1c(Br)nnn1C. The summed E-state index contributed by atoms with van der Waals surface area (Å²) in [5.41, 5.74) is 3.14. The third kappa shape index (κ3) is 2.37. The molecule has 2 rings (SSSR count). The normalized spacial score (nSPS) is 12.7. The number of nitrogens with zero attached hydrogens (tertiary/aromatic N) is 4. The molecular weight excluding hydrogens is 282 g/mol. The van der Waals surface area contributed by atoms with Crippen LogP contribution in [0.5, 0.6) is 0 Å². The Balaban J connectivity index is 2.47. The molecule has 1 unspecified atom stereocenters. The Hall–Kier alpha value is -1.27. The fourth-order valence-electron chi connectivity index (χ4n) is 1.85. The average molecular weight is 296 g/mol. The highest BCUT2D eigenvalue weighted by Gasteiger charge is 2.20. The lowest BCUT2D eigenvalue weighted by Gasteiger charge is -2.17. The number of aryl methyl sites for hydroxylation is 2. The fourth-order valence-corrected chi connectivity index (χ4v) is 2.41. The predicted molar refractivity (Wildman–Crippen MR) is 68.6 cm³/mol. The molecule has 1 N–H and O–H groups in total. The van der Waals surface area contributed by atoms with Crippen LogP contribution >= 0.6 is 15.9 Å². The highest BCUT2D eigenvalue weighted by Crippen LogP contribution is 2.26. The number of rotatable bonds is 3. The van der Waals surface area contributed by atoms with Gasteiger partial charge < -0.3 is 5.32 Å². The van der Waals surface area contributed by atoms with Gasteiger partial charge in [-0.05, 0) is 47.6 Å². The van der Waals surface area contributed by atoms with Gasteiger partial charge in [-0.15, -0.1) is 5.10 Å². The zero-order chi connectivity index (χ0) is 12.4. The molecule has 90 valence electrons. The largest absolute Gasteiger partial charge is 0.308 e. The number of pyridine rings is 1. The van der Waals surface area contributed by atoms with Crippen molar-refractivity contribution in [3.05, 3.63) is 39.9 Å². The Bertz CT molecular complexity index is 503. The molecule has 0 aliphatic rings. The quantitative estimate of drug-likeness (QED) is 0.934. The van der Waals surface area contributed by atoms with Gasteiger partial charge in [-0.3, -0.25) is 4.98 Å². The van der Waals surface area contributed by atoms with Crippen molar-refractivity contribution < 1.29 is 0 Å². The number of hydrogen-bond donors (Lipinski definition) is 1. The van der Waals surface area contributed by atoms with Gasteiger partial charge in [0.25, 0.3) is 0 Å². The van der Waals surface area contributed by atoms with Crippen LogP contribution in [0.4, 0.5) is 0 Å². The summed E-state index contributed by atoms with van der Waals surface area (Å²) in [5.74, 6) is 0. The first-order valence-electron chi connectivity index (χ1n) is 5.28. The summed E-state index contributed by atoms with van der Waals surface area (Å²) in [6.45, 7) is 1.98. The van der Waals surface area contributed by atoms with Gasteiger partial charge in [-0.2, -0.15) is 0 Å². The number of halogens is 1. The van der Waals surface area contributed by atoms with Crippen LogP contribution in [0.1, 0.15) is 23.0 Å². The molecule has 0 aromatic carbocycles. The van der Waals surface area contributed by atoms with Crippen LogP contribution in [0.2, 0.25) is 0 Å². The monoisotopic (exact) mass is 295 g/mol. The van der Waals surface area contributed by atoms with Crippen molar-refractivity contribution in [1.29, 1.82) is 0 Å². The molecule has 0 fully saturated rings. The maximum absolute atomic E-state index is 4.21. The molecule has 2 aromatic heterocycles. The predicted octanol–water partition coefficient (Wildman–Crippen LogP) is 1.59. The Morgan fingerprint density at radius 1 is 1.47 bits per heavy atom. The molecule has 0 aliphatic carbocycles. The first-order chi connectivity index (χ1) is 8.13. The maximum Gasteiger partial charge on any atom is 0.153 e. The van der Waals surface area contributed by atoms with Gasteiger partial charge in [-0.1, -0.05) is 5.21 Å². The maximum atomic E-state index is 4.21. The summed E-state index contributed by atoms with van der Waals surface area (Å²) >= 11 is 3.42. The van der Waals surface area contributed by atoms with Gasteiger partial charge in [0.05, 0.1) is 11.7 Å². The van der Waals surface area contributed by atoms with E-state index in [1.807, 2.05) is 33.3 Å². The number of aromatic nitrogens is 4. The van der Waals surface area contributed by atoms with Crippen LogP contribution < -0.4 is 5.32 Å². The lowest BCUT2D eigenvalue weighted by atomic mass is 10.0. The van der Waals surface area contributed by atoms with Crippen LogP contribution in [-0.2, 0) is 7.05 Å². The number of hydrogen-bond acceptors (Lipinski definition) is 4. The molecule has 0 saturated heterocycles. The van der Waals surface area contributed by atoms with E-state index >= 15 is 0 Å². The molecule has 0 spiro atoms. The van der Waals surface area contributed by atoms with Gasteiger partial charge in [0.1, 0.15) is 0 Å². The summed E-state index contributed by atoms with van der Waals surface area (Å²) in [4.78, 5) is 4.21. The van der Waals surface area contributed by atoms with Gasteiger partial charge in [-0.25, -0.2) is 4.68 Å². The molecule has 2 heterocycles. The Kier molecular flexibility index (Phi) is 3.54. The molecule has 2 aromatic rings. The van der Waals surface area contributed by atoms with Crippen LogP contribution in [-0.4, -0.2) is 27.0 Å². The van der Waals surface area contributed by atoms with E-state index in [0.29, 0.717) is 0 Å². The van der Waals surface area contributed by atoms with E-state index in [-0.39, 0.29) is 6.04 Å². The van der Waals surface area contributed by atoms with Crippen molar-refractivity contribution in [2.75, 3.05) is 7.05 Å². The Morgan fingerprint density at radius 3 is 2.76 bits per heavy atom. The molecule has 17 heavy (non-hydrogen) atoms. The lowest BCUT2D eigenvalue weighted by Crippen LogP contribution is -2.21. The summed E-state index contributed by atoms with van der Waals surface area (Å²) < 4.78 is 2.52. The second-order valence-electron chi connectivity index (χ2n) is 3.84. The van der Waals surface area contributed by atoms with Crippen LogP contribution in [0.15, 0.2) is 22.9 Å². The van der Waals surface area contributed by atoms with Gasteiger partial charge >= 0.3 is 0 Å². The smallest absolute Gasteiger partial charge is 0.153 e. The topological polar surface area (TPSA) is 55.6 Å². The molecular formula is C11H14BrN5. The zero-order valence-electron chi connectivity index (χ0n) is 9.98. The Morgan fingerprint density at radius 2 is 2.24 bits per heavy atom. The van der Waals surface area contributed by atoms with Gasteiger partial charge in [0.2, 0.25) is 0 Å². The van der Waals surface area contributed by atoms with Crippen LogP contribution in [0, 0.1) is 6.92 Å². The summed E-state index contributed by atoms with van der Waals surface area (Å²) in [6, 6.07) is 4.10. The first kappa shape index (κ1) is 12.2. The third-order valence-electron chi connectivity index (χ3n) is 2.64. The summed E-state index contributed by atoms with van der Waals surface area (Å²) in [6.07, 6.45) is 1.81. The lowest BCUT2D eigenvalue weighted by molar-refractivity contribution is 0.596. The highest BCUT2D eigenvalue weighted by molar-refractivity contribution is 9.10. The standard InChI is InChI=1S/C11H14BrN5/c1-7-6-8(4-5-14-7)9(13-2)10-11(12)15-16-17(10)3/h4-6,9,13H,1-3H3. The van der Waals surface area contributed by atoms with E-state index in [1.54, 1.807) is 4.68 Å². The average Bonchev–Trinajstić information content (AvgIpc) is 2.62. The molecule has 0 amide bonds. The van der Waals surface area contributed by atoms with Gasteiger partial charge in [0.15, 0.2) is 4.60 Å². The first-order valence-corrected chi connectivity index (χ1v) is 6.07. The van der Waals surface area contributed by atoms with Crippen molar-refractivity contribution in [2.24, 2.45) is 7.05 Å². The Labute approximate surface area is 108 Å². The molecule has 1 atom stereocenters. The van der Waals surface area contributed by atoms with Crippen LogP contribution in [0.25, 0.3) is 0 Å². The molecule has 0 aliphatic heterocycles. The van der Waals surface area contributed by atoms with Gasteiger partial charge in [0, 0.05) is 18.9 Å². The fraction of sp³-hybridized carbons (Fsp3) is 0.364. The molecule has 6 heteroatoms. The van der Waals surface area contributed by atoms with Crippen LogP contribution in [0.3, 0.4) is 0 Å². The van der Waals surface area contributed by atoms with Crippen molar-refractivity contribution in [3.8, 4) is 0 Å². The van der Waals surface area contributed by atoms with Crippen molar-refractivity contribution >= 4 is 15.9 Å². The van der Waals surface area contributed by atoms with Crippen molar-refractivity contribution in [3.63, 3.8) is 0 Å². The second kappa shape index (κ2) is 4.93. The summed E-state index contributed by atoms with van der Waals surface area (Å²) in [7, 11) is 3.80. The van der Waals surface area contributed by atoms with E-state index in [2.05, 4.69) is 42.6 Å². The van der Waals surface area contributed by atoms with Crippen molar-refractivity contribution in [1.82, 2.24) is 25.3 Å². The molecule has 5 nitrogen and oxygen atoms in total. The highest BCUT2D eigenvalue weighted by atomic mass is 79.9. The van der Waals surface area contributed by atoms with E-state index in [4.69, 9.17) is 0 Å². The third-order valence-corrected chi connectivity index (χ3v) is 3.21. The van der Waals surface area contributed by atoms with E-state index < -0.39 is 0 Å². The van der Waals surface area contributed by atoms with E-state index in [0.717, 1.165) is 21.6 Å². The van der Waals surface area contributed by atoms with E-state index in [1.165, 1.54) is 0 Å². The minimum absolute atomic E-state index is 0.0473. The zero-order valence-corrected chi connectivity index (χ0v) is 11.6. The van der Waals surface area contributed by atoms with E-state index in [9.17, 15) is 0 Å². The second-order valence-corrected chi connectivity index (χ2v) is 4.59.